The molecule has 21 heavy (non-hydrogen) atoms. The topological polar surface area (TPSA) is 57.6 Å². The van der Waals surface area contributed by atoms with Crippen molar-refractivity contribution >= 4 is 23.6 Å². The van der Waals surface area contributed by atoms with Crippen molar-refractivity contribution in [2.45, 2.75) is 48.3 Å². The second-order valence-corrected chi connectivity index (χ2v) is 6.96. The van der Waals surface area contributed by atoms with Crippen molar-refractivity contribution < 1.29 is 14.7 Å². The van der Waals surface area contributed by atoms with Crippen molar-refractivity contribution in [2.24, 2.45) is 0 Å². The minimum absolute atomic E-state index is 0.00880. The standard InChI is InChI=1S/C16H19NO3S/c18-15(19)10-17(12-6-2-3-7-12)16(20)14-9-11-5-1-4-8-13(11)21-14/h1,4-5,8,12,14H,2-3,6-7,9-10H2,(H,18,19). The van der Waals surface area contributed by atoms with Crippen LogP contribution < -0.4 is 0 Å². The van der Waals surface area contributed by atoms with E-state index in [-0.39, 0.29) is 23.7 Å². The Kier molecular flexibility index (Phi) is 4.19. The lowest BCUT2D eigenvalue weighted by atomic mass is 10.1. The smallest absolute Gasteiger partial charge is 0.323 e. The highest BCUT2D eigenvalue weighted by Crippen LogP contribution is 2.38. The van der Waals surface area contributed by atoms with Crippen LogP contribution in [0.2, 0.25) is 0 Å². The molecule has 1 aromatic carbocycles. The molecule has 2 aliphatic rings. The number of benzene rings is 1. The molecule has 0 bridgehead atoms. The SMILES string of the molecule is O=C(O)CN(C(=O)C1Cc2ccccc2S1)C1CCCC1. The van der Waals surface area contributed by atoms with Gasteiger partial charge in [-0.2, -0.15) is 0 Å². The molecule has 1 aliphatic heterocycles. The second-order valence-electron chi connectivity index (χ2n) is 5.72. The molecule has 1 aromatic rings. The molecule has 4 nitrogen and oxygen atoms in total. The van der Waals surface area contributed by atoms with E-state index in [2.05, 4.69) is 0 Å². The van der Waals surface area contributed by atoms with E-state index in [1.807, 2.05) is 24.3 Å². The fourth-order valence-electron chi connectivity index (χ4n) is 3.25. The first-order valence-corrected chi connectivity index (χ1v) is 8.30. The summed E-state index contributed by atoms with van der Waals surface area (Å²) in [5.74, 6) is -0.929. The van der Waals surface area contributed by atoms with Gasteiger partial charge < -0.3 is 10.0 Å². The van der Waals surface area contributed by atoms with E-state index in [9.17, 15) is 9.59 Å². The zero-order valence-corrected chi connectivity index (χ0v) is 12.6. The number of hydrogen-bond donors (Lipinski definition) is 1. The Morgan fingerprint density at radius 2 is 1.95 bits per heavy atom. The number of carbonyl (C=O) groups excluding carboxylic acids is 1. The van der Waals surface area contributed by atoms with Gasteiger partial charge in [-0.3, -0.25) is 9.59 Å². The van der Waals surface area contributed by atoms with E-state index in [0.717, 1.165) is 30.6 Å². The average Bonchev–Trinajstić information content (AvgIpc) is 3.12. The first-order chi connectivity index (χ1) is 10.1. The predicted octanol–water partition coefficient (Wildman–Crippen LogP) is 2.56. The van der Waals surface area contributed by atoms with Crippen LogP contribution in [0.25, 0.3) is 0 Å². The summed E-state index contributed by atoms with van der Waals surface area (Å²) in [5, 5.41) is 8.94. The maximum atomic E-state index is 12.8. The van der Waals surface area contributed by atoms with Gasteiger partial charge in [0.05, 0.1) is 5.25 Å². The van der Waals surface area contributed by atoms with Gasteiger partial charge in [-0.1, -0.05) is 31.0 Å². The highest BCUT2D eigenvalue weighted by atomic mass is 32.2. The number of carboxylic acids is 1. The maximum Gasteiger partial charge on any atom is 0.323 e. The van der Waals surface area contributed by atoms with Crippen LogP contribution in [-0.2, 0) is 16.0 Å². The Morgan fingerprint density at radius 1 is 1.24 bits per heavy atom. The molecule has 1 amide bonds. The van der Waals surface area contributed by atoms with Crippen LogP contribution in [0.4, 0.5) is 0 Å². The minimum atomic E-state index is -0.921. The van der Waals surface area contributed by atoms with Crippen LogP contribution in [0.3, 0.4) is 0 Å². The molecule has 0 spiro atoms. The van der Waals surface area contributed by atoms with Crippen molar-refractivity contribution in [3.05, 3.63) is 29.8 Å². The summed E-state index contributed by atoms with van der Waals surface area (Å²) in [7, 11) is 0. The lowest BCUT2D eigenvalue weighted by Crippen LogP contribution is -2.46. The molecule has 1 N–H and O–H groups in total. The largest absolute Gasteiger partial charge is 0.480 e. The summed E-state index contributed by atoms with van der Waals surface area (Å²) in [5.41, 5.74) is 1.20. The number of amides is 1. The van der Waals surface area contributed by atoms with Crippen molar-refractivity contribution in [1.82, 2.24) is 4.90 Å². The summed E-state index contributed by atoms with van der Waals surface area (Å²) in [6.45, 7) is -0.170. The highest BCUT2D eigenvalue weighted by Gasteiger charge is 2.36. The number of carbonyl (C=O) groups is 2. The molecule has 1 unspecified atom stereocenters. The van der Waals surface area contributed by atoms with E-state index >= 15 is 0 Å². The van der Waals surface area contributed by atoms with Crippen LogP contribution in [0.5, 0.6) is 0 Å². The molecule has 3 rings (SSSR count). The summed E-state index contributed by atoms with van der Waals surface area (Å²) < 4.78 is 0. The van der Waals surface area contributed by atoms with Crippen LogP contribution in [0, 0.1) is 0 Å². The van der Waals surface area contributed by atoms with Gasteiger partial charge in [-0.15, -0.1) is 11.8 Å². The third kappa shape index (κ3) is 3.07. The Morgan fingerprint density at radius 3 is 2.62 bits per heavy atom. The second kappa shape index (κ2) is 6.10. The molecule has 1 saturated carbocycles. The Labute approximate surface area is 128 Å². The summed E-state index contributed by atoms with van der Waals surface area (Å²) in [4.78, 5) is 26.6. The third-order valence-electron chi connectivity index (χ3n) is 4.28. The molecule has 1 aliphatic carbocycles. The fraction of sp³-hybridized carbons (Fsp3) is 0.500. The predicted molar refractivity (Wildman–Crippen MR) is 81.4 cm³/mol. The normalized spacial score (nSPS) is 21.2. The highest BCUT2D eigenvalue weighted by molar-refractivity contribution is 8.01. The van der Waals surface area contributed by atoms with Gasteiger partial charge in [-0.05, 0) is 30.9 Å². The first kappa shape index (κ1) is 14.4. The molecule has 0 radical (unpaired) electrons. The van der Waals surface area contributed by atoms with Crippen LogP contribution in [0.15, 0.2) is 29.2 Å². The average molecular weight is 305 g/mol. The molecule has 112 valence electrons. The Bertz CT molecular complexity index is 529. The van der Waals surface area contributed by atoms with E-state index < -0.39 is 5.97 Å². The molecule has 1 fully saturated rings. The van der Waals surface area contributed by atoms with Gasteiger partial charge in [0.15, 0.2) is 0 Å². The summed E-state index contributed by atoms with van der Waals surface area (Å²) in [6.07, 6.45) is 4.76. The number of thioether (sulfide) groups is 1. The Balaban J connectivity index is 1.74. The van der Waals surface area contributed by atoms with Gasteiger partial charge >= 0.3 is 5.97 Å². The quantitative estimate of drug-likeness (QED) is 0.929. The van der Waals surface area contributed by atoms with Crippen molar-refractivity contribution in [3.8, 4) is 0 Å². The van der Waals surface area contributed by atoms with E-state index in [1.54, 1.807) is 16.7 Å². The van der Waals surface area contributed by atoms with Crippen molar-refractivity contribution in [2.75, 3.05) is 6.54 Å². The maximum absolute atomic E-state index is 12.8. The van der Waals surface area contributed by atoms with Crippen molar-refractivity contribution in [3.63, 3.8) is 0 Å². The van der Waals surface area contributed by atoms with Crippen LogP contribution in [-0.4, -0.2) is 39.7 Å². The van der Waals surface area contributed by atoms with Gasteiger partial charge in [0, 0.05) is 10.9 Å². The van der Waals surface area contributed by atoms with E-state index in [0.29, 0.717) is 6.42 Å². The van der Waals surface area contributed by atoms with Crippen LogP contribution in [0.1, 0.15) is 31.2 Å². The molecular weight excluding hydrogens is 286 g/mol. The zero-order valence-electron chi connectivity index (χ0n) is 11.8. The zero-order chi connectivity index (χ0) is 14.8. The molecular formula is C16H19NO3S. The minimum Gasteiger partial charge on any atom is -0.480 e. The number of hydrogen-bond acceptors (Lipinski definition) is 3. The molecule has 1 atom stereocenters. The Hall–Kier alpha value is -1.49. The van der Waals surface area contributed by atoms with E-state index in [1.165, 1.54) is 5.56 Å². The number of carboxylic acid groups (broad SMARTS) is 1. The number of aliphatic carboxylic acids is 1. The monoisotopic (exact) mass is 305 g/mol. The summed E-state index contributed by atoms with van der Waals surface area (Å²) in [6, 6.07) is 8.15. The summed E-state index contributed by atoms with van der Waals surface area (Å²) >= 11 is 1.57. The van der Waals surface area contributed by atoms with Gasteiger partial charge in [0.25, 0.3) is 0 Å². The molecule has 0 saturated heterocycles. The first-order valence-electron chi connectivity index (χ1n) is 7.42. The van der Waals surface area contributed by atoms with Crippen LogP contribution >= 0.6 is 11.8 Å². The number of nitrogens with zero attached hydrogens (tertiary/aromatic N) is 1. The lowest BCUT2D eigenvalue weighted by molar-refractivity contribution is -0.145. The van der Waals surface area contributed by atoms with Crippen molar-refractivity contribution in [1.29, 1.82) is 0 Å². The molecule has 0 aromatic heterocycles. The lowest BCUT2D eigenvalue weighted by Gasteiger charge is -2.29. The van der Waals surface area contributed by atoms with E-state index in [4.69, 9.17) is 5.11 Å². The molecule has 5 heteroatoms. The van der Waals surface area contributed by atoms with Gasteiger partial charge in [0.2, 0.25) is 5.91 Å². The fourth-order valence-corrected chi connectivity index (χ4v) is 4.52. The molecule has 1 heterocycles. The third-order valence-corrected chi connectivity index (χ3v) is 5.58. The van der Waals surface area contributed by atoms with Gasteiger partial charge in [0.1, 0.15) is 6.54 Å². The number of rotatable bonds is 4. The number of fused-ring (bicyclic) bond motifs is 1. The van der Waals surface area contributed by atoms with Gasteiger partial charge in [-0.25, -0.2) is 0 Å².